The molecule has 0 fully saturated rings. The minimum atomic E-state index is -3.73. The highest BCUT2D eigenvalue weighted by Gasteiger charge is 2.23. The Kier molecular flexibility index (Phi) is 7.26. The molecule has 1 N–H and O–H groups in total. The van der Waals surface area contributed by atoms with Crippen molar-refractivity contribution in [3.05, 3.63) is 47.0 Å². The molecule has 1 amide bonds. The van der Waals surface area contributed by atoms with Gasteiger partial charge in [-0.05, 0) is 57.0 Å². The van der Waals surface area contributed by atoms with E-state index in [9.17, 15) is 13.2 Å². The van der Waals surface area contributed by atoms with Gasteiger partial charge in [0.15, 0.2) is 6.61 Å². The van der Waals surface area contributed by atoms with Crippen molar-refractivity contribution >= 4 is 21.6 Å². The molecule has 2 rings (SSSR count). The van der Waals surface area contributed by atoms with E-state index in [1.807, 2.05) is 32.9 Å². The van der Waals surface area contributed by atoms with E-state index >= 15 is 0 Å². The number of sulfonamides is 1. The molecule has 0 atom stereocenters. The zero-order chi connectivity index (χ0) is 21.8. The number of aryl methyl sites for hydroxylation is 3. The first-order valence-corrected chi connectivity index (χ1v) is 10.7. The van der Waals surface area contributed by atoms with Crippen molar-refractivity contribution in [2.75, 3.05) is 32.6 Å². The van der Waals surface area contributed by atoms with E-state index in [0.717, 1.165) is 21.0 Å². The van der Waals surface area contributed by atoms with Crippen molar-refractivity contribution in [2.24, 2.45) is 0 Å². The Balaban J connectivity index is 2.18. The first-order valence-electron chi connectivity index (χ1n) is 9.26. The van der Waals surface area contributed by atoms with Gasteiger partial charge in [0.1, 0.15) is 16.4 Å². The average molecular weight is 421 g/mol. The van der Waals surface area contributed by atoms with Gasteiger partial charge in [0.05, 0.1) is 6.61 Å². The van der Waals surface area contributed by atoms with Crippen molar-refractivity contribution in [3.8, 4) is 11.5 Å². The Morgan fingerprint density at radius 1 is 1.03 bits per heavy atom. The molecular weight excluding hydrogens is 392 g/mol. The van der Waals surface area contributed by atoms with Crippen LogP contribution in [-0.4, -0.2) is 45.9 Å². The van der Waals surface area contributed by atoms with Crippen LogP contribution >= 0.6 is 0 Å². The second kappa shape index (κ2) is 9.28. The maximum Gasteiger partial charge on any atom is 0.262 e. The molecule has 0 radical (unpaired) electrons. The summed E-state index contributed by atoms with van der Waals surface area (Å²) >= 11 is 0. The van der Waals surface area contributed by atoms with Crippen LogP contribution < -0.4 is 14.8 Å². The molecule has 0 bridgehead atoms. The van der Waals surface area contributed by atoms with Crippen molar-refractivity contribution in [2.45, 2.75) is 32.6 Å². The highest BCUT2D eigenvalue weighted by atomic mass is 32.2. The largest absolute Gasteiger partial charge is 0.492 e. The van der Waals surface area contributed by atoms with E-state index in [4.69, 9.17) is 9.47 Å². The molecule has 0 unspecified atom stereocenters. The van der Waals surface area contributed by atoms with Crippen molar-refractivity contribution in [3.63, 3.8) is 0 Å². The summed E-state index contributed by atoms with van der Waals surface area (Å²) in [5, 5.41) is 2.68. The minimum Gasteiger partial charge on any atom is -0.492 e. The van der Waals surface area contributed by atoms with Gasteiger partial charge in [0.2, 0.25) is 10.0 Å². The van der Waals surface area contributed by atoms with E-state index in [0.29, 0.717) is 18.0 Å². The molecule has 0 aliphatic carbocycles. The van der Waals surface area contributed by atoms with Gasteiger partial charge in [-0.2, -0.15) is 0 Å². The maximum atomic E-state index is 12.6. The lowest BCUT2D eigenvalue weighted by Crippen LogP contribution is -2.24. The van der Waals surface area contributed by atoms with Gasteiger partial charge in [0, 0.05) is 19.8 Å². The van der Waals surface area contributed by atoms with Crippen LogP contribution in [0.25, 0.3) is 0 Å². The summed E-state index contributed by atoms with van der Waals surface area (Å²) in [4.78, 5) is 12.3. The summed E-state index contributed by atoms with van der Waals surface area (Å²) in [6.45, 7) is 7.77. The molecule has 0 aliphatic rings. The molecule has 2 aromatic rings. The number of amides is 1. The number of nitrogens with zero attached hydrogens (tertiary/aromatic N) is 1. The summed E-state index contributed by atoms with van der Waals surface area (Å²) < 4.78 is 37.4. The molecule has 8 heteroatoms. The van der Waals surface area contributed by atoms with Crippen LogP contribution in [0.15, 0.2) is 35.2 Å². The maximum absolute atomic E-state index is 12.6. The van der Waals surface area contributed by atoms with Gasteiger partial charge in [-0.15, -0.1) is 0 Å². The summed E-state index contributed by atoms with van der Waals surface area (Å²) in [5.74, 6) is 0.524. The van der Waals surface area contributed by atoms with E-state index in [1.54, 1.807) is 13.0 Å². The Labute approximate surface area is 172 Å². The van der Waals surface area contributed by atoms with Crippen LogP contribution in [0.5, 0.6) is 11.5 Å². The average Bonchev–Trinajstić information content (AvgIpc) is 2.62. The van der Waals surface area contributed by atoms with E-state index < -0.39 is 10.0 Å². The standard InChI is InChI=1S/C21H28N2O5S/c1-7-27-18-9-8-17(12-19(18)29(25,26)23(5)6)22-20(24)13-28-21-15(3)10-14(2)11-16(21)4/h8-12H,7,13H2,1-6H3,(H,22,24). The highest BCUT2D eigenvalue weighted by Crippen LogP contribution is 2.29. The molecule has 0 heterocycles. The monoisotopic (exact) mass is 420 g/mol. The fourth-order valence-electron chi connectivity index (χ4n) is 2.99. The second-order valence-corrected chi connectivity index (χ2v) is 9.07. The molecule has 2 aromatic carbocycles. The zero-order valence-electron chi connectivity index (χ0n) is 17.7. The summed E-state index contributed by atoms with van der Waals surface area (Å²) in [6.07, 6.45) is 0. The van der Waals surface area contributed by atoms with Gasteiger partial charge < -0.3 is 14.8 Å². The molecule has 0 spiro atoms. The van der Waals surface area contributed by atoms with E-state index in [1.165, 1.54) is 26.2 Å². The van der Waals surface area contributed by atoms with E-state index in [-0.39, 0.29) is 23.2 Å². The van der Waals surface area contributed by atoms with E-state index in [2.05, 4.69) is 5.32 Å². The van der Waals surface area contributed by atoms with Crippen molar-refractivity contribution in [1.29, 1.82) is 0 Å². The first kappa shape index (κ1) is 22.7. The van der Waals surface area contributed by atoms with Gasteiger partial charge >= 0.3 is 0 Å². The Morgan fingerprint density at radius 2 is 1.66 bits per heavy atom. The number of benzene rings is 2. The van der Waals surface area contributed by atoms with Crippen LogP contribution in [0.1, 0.15) is 23.6 Å². The third-order valence-electron chi connectivity index (χ3n) is 4.24. The number of carbonyl (C=O) groups excluding carboxylic acids is 1. The second-order valence-electron chi connectivity index (χ2n) is 6.95. The third kappa shape index (κ3) is 5.48. The topological polar surface area (TPSA) is 84.9 Å². The van der Waals surface area contributed by atoms with Crippen LogP contribution in [0.3, 0.4) is 0 Å². The smallest absolute Gasteiger partial charge is 0.262 e. The van der Waals surface area contributed by atoms with Crippen molar-refractivity contribution in [1.82, 2.24) is 4.31 Å². The zero-order valence-corrected chi connectivity index (χ0v) is 18.5. The van der Waals surface area contributed by atoms with Crippen LogP contribution in [-0.2, 0) is 14.8 Å². The quantitative estimate of drug-likeness (QED) is 0.708. The third-order valence-corrected chi connectivity index (χ3v) is 6.07. The van der Waals surface area contributed by atoms with Crippen molar-refractivity contribution < 1.29 is 22.7 Å². The summed E-state index contributed by atoms with van der Waals surface area (Å²) in [7, 11) is -0.851. The predicted molar refractivity (Wildman–Crippen MR) is 113 cm³/mol. The molecule has 29 heavy (non-hydrogen) atoms. The lowest BCUT2D eigenvalue weighted by molar-refractivity contribution is -0.118. The number of rotatable bonds is 8. The highest BCUT2D eigenvalue weighted by molar-refractivity contribution is 7.89. The number of hydrogen-bond donors (Lipinski definition) is 1. The van der Waals surface area contributed by atoms with Gasteiger partial charge in [-0.25, -0.2) is 12.7 Å². The lowest BCUT2D eigenvalue weighted by atomic mass is 10.1. The number of nitrogens with one attached hydrogen (secondary N) is 1. The number of carbonyl (C=O) groups is 1. The van der Waals surface area contributed by atoms with Gasteiger partial charge in [-0.1, -0.05) is 17.7 Å². The fourth-order valence-corrected chi connectivity index (χ4v) is 4.04. The number of hydrogen-bond acceptors (Lipinski definition) is 5. The molecule has 0 saturated carbocycles. The van der Waals surface area contributed by atoms with Crippen LogP contribution in [0, 0.1) is 20.8 Å². The van der Waals surface area contributed by atoms with Crippen LogP contribution in [0.4, 0.5) is 5.69 Å². The molecule has 0 saturated heterocycles. The fraction of sp³-hybridized carbons (Fsp3) is 0.381. The number of ether oxygens (including phenoxy) is 2. The summed E-state index contributed by atoms with van der Waals surface area (Å²) in [6, 6.07) is 8.50. The lowest BCUT2D eigenvalue weighted by Gasteiger charge is -2.17. The molecule has 0 aliphatic heterocycles. The Hall–Kier alpha value is -2.58. The molecule has 158 valence electrons. The Morgan fingerprint density at radius 3 is 2.21 bits per heavy atom. The minimum absolute atomic E-state index is 0.00621. The first-order chi connectivity index (χ1) is 13.6. The SMILES string of the molecule is CCOc1ccc(NC(=O)COc2c(C)cc(C)cc2C)cc1S(=O)(=O)N(C)C. The molecule has 7 nitrogen and oxygen atoms in total. The normalized spacial score (nSPS) is 11.4. The van der Waals surface area contributed by atoms with Crippen LogP contribution in [0.2, 0.25) is 0 Å². The van der Waals surface area contributed by atoms with Gasteiger partial charge in [0.25, 0.3) is 5.91 Å². The molecular formula is C21H28N2O5S. The number of anilines is 1. The van der Waals surface area contributed by atoms with Gasteiger partial charge in [-0.3, -0.25) is 4.79 Å². The molecule has 0 aromatic heterocycles. The Bertz CT molecular complexity index is 977. The summed E-state index contributed by atoms with van der Waals surface area (Å²) in [5.41, 5.74) is 3.38. The predicted octanol–water partition coefficient (Wildman–Crippen LogP) is 3.28.